The molecule has 2 aromatic carbocycles. The van der Waals surface area contributed by atoms with Crippen LogP contribution in [0, 0.1) is 0 Å². The molecule has 1 aliphatic carbocycles. The predicted octanol–water partition coefficient (Wildman–Crippen LogP) is 3.91. The highest BCUT2D eigenvalue weighted by Crippen LogP contribution is 2.30. The Morgan fingerprint density at radius 2 is 2.07 bits per heavy atom. The van der Waals surface area contributed by atoms with E-state index in [1.54, 1.807) is 4.68 Å². The number of nitrogens with two attached hydrogens (primary N) is 1. The van der Waals surface area contributed by atoms with Gasteiger partial charge in [0, 0.05) is 12.6 Å². The number of carbonyl (C=O) groups excluding carboxylic acids is 1. The van der Waals surface area contributed by atoms with Gasteiger partial charge in [-0.1, -0.05) is 35.6 Å². The number of benzene rings is 2. The van der Waals surface area contributed by atoms with Crippen LogP contribution >= 0.6 is 11.3 Å². The molecule has 0 aliphatic heterocycles. The Morgan fingerprint density at radius 1 is 1.27 bits per heavy atom. The Labute approximate surface area is 178 Å². The van der Waals surface area contributed by atoms with Crippen LogP contribution in [0.5, 0.6) is 0 Å². The fourth-order valence-corrected chi connectivity index (χ4v) is 4.45. The number of hydrogen-bond donors (Lipinski definition) is 2. The van der Waals surface area contributed by atoms with Crippen LogP contribution in [0.15, 0.2) is 54.7 Å². The van der Waals surface area contributed by atoms with Crippen LogP contribution in [0.4, 0.5) is 10.9 Å². The summed E-state index contributed by atoms with van der Waals surface area (Å²) in [6, 6.07) is 16.5. The second kappa shape index (κ2) is 7.55. The maximum Gasteiger partial charge on any atom is 0.262 e. The summed E-state index contributed by atoms with van der Waals surface area (Å²) in [7, 11) is 2.17. The van der Waals surface area contributed by atoms with Gasteiger partial charge in [0.15, 0.2) is 5.13 Å². The fraction of sp³-hybridized carbons (Fsp3) is 0.227. The summed E-state index contributed by atoms with van der Waals surface area (Å²) in [6.07, 6.45) is 4.07. The summed E-state index contributed by atoms with van der Waals surface area (Å²) >= 11 is 1.46. The number of aromatic nitrogens is 3. The molecule has 30 heavy (non-hydrogen) atoms. The summed E-state index contributed by atoms with van der Waals surface area (Å²) < 4.78 is 2.61. The van der Waals surface area contributed by atoms with Crippen molar-refractivity contribution in [3.05, 3.63) is 65.9 Å². The van der Waals surface area contributed by atoms with E-state index in [4.69, 9.17) is 5.73 Å². The van der Waals surface area contributed by atoms with Crippen molar-refractivity contribution >= 4 is 38.4 Å². The van der Waals surface area contributed by atoms with Gasteiger partial charge in [0.1, 0.15) is 11.4 Å². The molecule has 1 aliphatic rings. The highest BCUT2D eigenvalue weighted by atomic mass is 32.1. The molecule has 0 radical (unpaired) electrons. The zero-order chi connectivity index (χ0) is 20.7. The smallest absolute Gasteiger partial charge is 0.262 e. The number of nitrogens with zero attached hydrogens (tertiary/aromatic N) is 4. The topological polar surface area (TPSA) is 89.1 Å². The van der Waals surface area contributed by atoms with Crippen molar-refractivity contribution in [3.63, 3.8) is 0 Å². The minimum absolute atomic E-state index is 0.296. The van der Waals surface area contributed by atoms with Crippen molar-refractivity contribution in [1.82, 2.24) is 19.7 Å². The third-order valence-corrected chi connectivity index (χ3v) is 6.26. The van der Waals surface area contributed by atoms with Gasteiger partial charge in [-0.15, -0.1) is 0 Å². The van der Waals surface area contributed by atoms with E-state index in [1.165, 1.54) is 35.9 Å². The Hall–Kier alpha value is -3.23. The Morgan fingerprint density at radius 3 is 2.83 bits per heavy atom. The lowest BCUT2D eigenvalue weighted by Gasteiger charge is -2.15. The molecule has 5 rings (SSSR count). The van der Waals surface area contributed by atoms with Gasteiger partial charge in [-0.25, -0.2) is 9.67 Å². The normalized spacial score (nSPS) is 13.8. The summed E-state index contributed by atoms with van der Waals surface area (Å²) in [4.78, 5) is 19.7. The van der Waals surface area contributed by atoms with E-state index in [9.17, 15) is 4.79 Å². The van der Waals surface area contributed by atoms with Crippen LogP contribution < -0.4 is 11.1 Å². The number of amides is 1. The van der Waals surface area contributed by atoms with Crippen LogP contribution in [0.25, 0.3) is 15.9 Å². The fourth-order valence-electron chi connectivity index (χ4n) is 3.53. The SMILES string of the molecule is CN(Cc1ccc2nc(NC(=O)c3cnn(-c4ccccc4)c3N)sc2c1)C1CC1. The van der Waals surface area contributed by atoms with Crippen LogP contribution in [-0.2, 0) is 6.54 Å². The molecule has 8 heteroatoms. The van der Waals surface area contributed by atoms with Crippen LogP contribution in [-0.4, -0.2) is 38.7 Å². The number of anilines is 2. The molecular weight excluding hydrogens is 396 g/mol. The minimum Gasteiger partial charge on any atom is -0.383 e. The number of para-hydroxylation sites is 1. The van der Waals surface area contributed by atoms with Gasteiger partial charge in [0.05, 0.1) is 22.1 Å². The number of carbonyl (C=O) groups is 1. The number of fused-ring (bicyclic) bond motifs is 1. The lowest BCUT2D eigenvalue weighted by atomic mass is 10.2. The van der Waals surface area contributed by atoms with Gasteiger partial charge < -0.3 is 5.73 Å². The van der Waals surface area contributed by atoms with E-state index in [2.05, 4.69) is 39.5 Å². The quantitative estimate of drug-likeness (QED) is 0.496. The largest absolute Gasteiger partial charge is 0.383 e. The Kier molecular flexibility index (Phi) is 4.72. The Balaban J connectivity index is 1.34. The Bertz CT molecular complexity index is 1210. The van der Waals surface area contributed by atoms with Crippen LogP contribution in [0.1, 0.15) is 28.8 Å². The van der Waals surface area contributed by atoms with Crippen LogP contribution in [0.2, 0.25) is 0 Å². The van der Waals surface area contributed by atoms with Crippen molar-refractivity contribution in [1.29, 1.82) is 0 Å². The highest BCUT2D eigenvalue weighted by Gasteiger charge is 2.26. The average Bonchev–Trinajstić information content (AvgIpc) is 3.42. The first-order valence-corrected chi connectivity index (χ1v) is 10.7. The van der Waals surface area contributed by atoms with Gasteiger partial charge in [-0.2, -0.15) is 5.10 Å². The predicted molar refractivity (Wildman–Crippen MR) is 120 cm³/mol. The van der Waals surface area contributed by atoms with Gasteiger partial charge in [0.2, 0.25) is 0 Å². The van der Waals surface area contributed by atoms with Crippen molar-refractivity contribution in [3.8, 4) is 5.69 Å². The zero-order valence-corrected chi connectivity index (χ0v) is 17.4. The first-order valence-electron chi connectivity index (χ1n) is 9.88. The van der Waals surface area contributed by atoms with E-state index in [0.29, 0.717) is 16.5 Å². The zero-order valence-electron chi connectivity index (χ0n) is 16.6. The molecule has 0 saturated heterocycles. The molecule has 1 fully saturated rings. The second-order valence-corrected chi connectivity index (χ2v) is 8.64. The van der Waals surface area contributed by atoms with E-state index < -0.39 is 0 Å². The molecule has 2 aromatic heterocycles. The standard InChI is InChI=1S/C22H22N6OS/c1-27(15-8-9-15)13-14-7-10-18-19(11-14)30-22(25-18)26-21(29)17-12-24-28(20(17)23)16-5-3-2-4-6-16/h2-7,10-12,15H,8-9,13,23H2,1H3,(H,25,26,29). The molecule has 0 bridgehead atoms. The van der Waals surface area contributed by atoms with E-state index >= 15 is 0 Å². The van der Waals surface area contributed by atoms with E-state index in [1.807, 2.05) is 36.4 Å². The number of nitrogen functional groups attached to an aromatic ring is 1. The maximum absolute atomic E-state index is 12.8. The lowest BCUT2D eigenvalue weighted by molar-refractivity contribution is 0.102. The van der Waals surface area contributed by atoms with Crippen LogP contribution in [0.3, 0.4) is 0 Å². The molecule has 4 aromatic rings. The van der Waals surface area contributed by atoms with Crippen molar-refractivity contribution < 1.29 is 4.79 Å². The molecule has 0 spiro atoms. The van der Waals surface area contributed by atoms with E-state index in [-0.39, 0.29) is 5.91 Å². The molecule has 2 heterocycles. The maximum atomic E-state index is 12.8. The van der Waals surface area contributed by atoms with Gasteiger partial charge in [-0.3, -0.25) is 15.0 Å². The van der Waals surface area contributed by atoms with Gasteiger partial charge in [-0.05, 0) is 49.7 Å². The molecule has 0 unspecified atom stereocenters. The molecule has 7 nitrogen and oxygen atoms in total. The van der Waals surface area contributed by atoms with E-state index in [0.717, 1.165) is 28.5 Å². The van der Waals surface area contributed by atoms with Gasteiger partial charge in [0.25, 0.3) is 5.91 Å². The first-order chi connectivity index (χ1) is 14.6. The molecule has 0 atom stereocenters. The lowest BCUT2D eigenvalue weighted by Crippen LogP contribution is -2.19. The molecule has 1 saturated carbocycles. The second-order valence-electron chi connectivity index (χ2n) is 7.61. The molecule has 152 valence electrons. The van der Waals surface area contributed by atoms with Gasteiger partial charge >= 0.3 is 0 Å². The molecular formula is C22H22N6OS. The monoisotopic (exact) mass is 418 g/mol. The summed E-state index contributed by atoms with van der Waals surface area (Å²) in [5.41, 5.74) is 9.44. The molecule has 1 amide bonds. The average molecular weight is 419 g/mol. The van der Waals surface area contributed by atoms with Crippen molar-refractivity contribution in [2.75, 3.05) is 18.1 Å². The summed E-state index contributed by atoms with van der Waals surface area (Å²) in [6.45, 7) is 0.926. The number of nitrogens with one attached hydrogen (secondary N) is 1. The summed E-state index contributed by atoms with van der Waals surface area (Å²) in [5, 5.41) is 7.68. The number of rotatable bonds is 6. The number of hydrogen-bond acceptors (Lipinski definition) is 6. The third-order valence-electron chi connectivity index (χ3n) is 5.33. The van der Waals surface area contributed by atoms with Crippen molar-refractivity contribution in [2.45, 2.75) is 25.4 Å². The first kappa shape index (κ1) is 18.8. The van der Waals surface area contributed by atoms with Crippen molar-refractivity contribution in [2.24, 2.45) is 0 Å². The minimum atomic E-state index is -0.317. The highest BCUT2D eigenvalue weighted by molar-refractivity contribution is 7.22. The summed E-state index contributed by atoms with van der Waals surface area (Å²) in [5.74, 6) is -0.0207. The number of thiazole rings is 1. The molecule has 3 N–H and O–H groups in total. The third kappa shape index (κ3) is 3.67.